The Balaban J connectivity index is 0.000000333. The minimum Gasteiger partial charge on any atom is -0.477 e. The van der Waals surface area contributed by atoms with Crippen LogP contribution in [0.1, 0.15) is 11.3 Å². The van der Waals surface area contributed by atoms with E-state index in [2.05, 4.69) is 35.5 Å². The second-order valence-corrected chi connectivity index (χ2v) is 7.75. The molecule has 0 fully saturated rings. The number of carbonyl (C=O) groups is 2. The van der Waals surface area contributed by atoms with E-state index in [1.54, 1.807) is 24.5 Å². The summed E-state index contributed by atoms with van der Waals surface area (Å²) in [5.74, 6) is -4.09. The molecule has 3 aromatic heterocycles. The number of alkyl halides is 6. The van der Waals surface area contributed by atoms with Gasteiger partial charge in [-0.1, -0.05) is 0 Å². The Bertz CT molecular complexity index is 1270. The summed E-state index contributed by atoms with van der Waals surface area (Å²) in [7, 11) is 0. The molecule has 0 aromatic carbocycles. The SMILES string of the molecule is N#Cc1ccc(OCC2CN(c3ncccn3)Cc3cncn3C2)nc1.O=C(O)C(F)(F)F.O=C(O)C(F)(F)F. The summed E-state index contributed by atoms with van der Waals surface area (Å²) >= 11 is 0. The van der Waals surface area contributed by atoms with Crippen LogP contribution in [0.3, 0.4) is 0 Å². The van der Waals surface area contributed by atoms with Crippen LogP contribution in [-0.2, 0) is 22.7 Å². The van der Waals surface area contributed by atoms with Gasteiger partial charge in [0.1, 0.15) is 6.07 Å². The highest BCUT2D eigenvalue weighted by Gasteiger charge is 2.38. The zero-order valence-corrected chi connectivity index (χ0v) is 20.0. The first-order valence-electron chi connectivity index (χ1n) is 10.8. The van der Waals surface area contributed by atoms with E-state index in [1.807, 2.05) is 18.6 Å². The molecule has 40 heavy (non-hydrogen) atoms. The van der Waals surface area contributed by atoms with E-state index in [9.17, 15) is 26.3 Å². The second-order valence-electron chi connectivity index (χ2n) is 7.75. The molecule has 0 saturated heterocycles. The first kappa shape index (κ1) is 31.3. The lowest BCUT2D eigenvalue weighted by molar-refractivity contribution is -0.193. The number of ether oxygens (including phenoxy) is 1. The van der Waals surface area contributed by atoms with Gasteiger partial charge in [0.2, 0.25) is 11.8 Å². The number of hydrogen-bond acceptors (Lipinski definition) is 9. The summed E-state index contributed by atoms with van der Waals surface area (Å²) < 4.78 is 71.5. The van der Waals surface area contributed by atoms with Crippen molar-refractivity contribution in [3.05, 3.63) is 60.6 Å². The van der Waals surface area contributed by atoms with Crippen LogP contribution in [0.4, 0.5) is 32.3 Å². The quantitative estimate of drug-likeness (QED) is 0.439. The number of aromatic nitrogens is 5. The third-order valence-corrected chi connectivity index (χ3v) is 4.74. The summed E-state index contributed by atoms with van der Waals surface area (Å²) in [4.78, 5) is 37.1. The molecule has 1 atom stereocenters. The lowest BCUT2D eigenvalue weighted by Gasteiger charge is -2.23. The molecule has 0 spiro atoms. The smallest absolute Gasteiger partial charge is 0.477 e. The van der Waals surface area contributed by atoms with Gasteiger partial charge in [0.05, 0.1) is 30.7 Å². The van der Waals surface area contributed by atoms with Crippen LogP contribution in [-0.4, -0.2) is 72.2 Å². The van der Waals surface area contributed by atoms with Gasteiger partial charge in [-0.05, 0) is 12.1 Å². The maximum Gasteiger partial charge on any atom is 0.490 e. The first-order valence-corrected chi connectivity index (χ1v) is 10.8. The van der Waals surface area contributed by atoms with Gasteiger partial charge < -0.3 is 24.4 Å². The van der Waals surface area contributed by atoms with Crippen molar-refractivity contribution in [2.24, 2.45) is 5.92 Å². The van der Waals surface area contributed by atoms with Crippen LogP contribution < -0.4 is 9.64 Å². The zero-order chi connectivity index (χ0) is 29.9. The Morgan fingerprint density at radius 3 is 2.10 bits per heavy atom. The van der Waals surface area contributed by atoms with E-state index in [0.717, 1.165) is 18.8 Å². The van der Waals surface area contributed by atoms with Crippen LogP contribution in [0, 0.1) is 17.2 Å². The molecule has 3 aromatic rings. The van der Waals surface area contributed by atoms with Crippen LogP contribution in [0.15, 0.2) is 49.3 Å². The molecular formula is C22H19F6N7O5. The molecule has 0 bridgehead atoms. The highest BCUT2D eigenvalue weighted by atomic mass is 19.4. The fraction of sp³-hybridized carbons (Fsp3) is 0.318. The molecule has 1 aliphatic heterocycles. The number of hydrogen-bond donors (Lipinski definition) is 2. The second kappa shape index (κ2) is 13.7. The molecule has 0 radical (unpaired) electrons. The Morgan fingerprint density at radius 2 is 1.60 bits per heavy atom. The summed E-state index contributed by atoms with van der Waals surface area (Å²) in [5, 5.41) is 23.1. The number of anilines is 1. The molecule has 18 heteroatoms. The Morgan fingerprint density at radius 1 is 1.00 bits per heavy atom. The molecule has 4 heterocycles. The first-order chi connectivity index (χ1) is 18.7. The molecule has 2 N–H and O–H groups in total. The molecular weight excluding hydrogens is 556 g/mol. The maximum absolute atomic E-state index is 10.6. The number of carboxylic acids is 2. The van der Waals surface area contributed by atoms with Crippen molar-refractivity contribution >= 4 is 17.9 Å². The topological polar surface area (TPSA) is 167 Å². The highest BCUT2D eigenvalue weighted by Crippen LogP contribution is 2.21. The van der Waals surface area contributed by atoms with Crippen LogP contribution in [0.25, 0.3) is 0 Å². The van der Waals surface area contributed by atoms with Crippen LogP contribution in [0.5, 0.6) is 5.88 Å². The molecule has 0 aliphatic carbocycles. The molecule has 1 aliphatic rings. The molecule has 214 valence electrons. The van der Waals surface area contributed by atoms with E-state index in [4.69, 9.17) is 29.8 Å². The van der Waals surface area contributed by atoms with Gasteiger partial charge in [0, 0.05) is 49.9 Å². The van der Waals surface area contributed by atoms with Crippen molar-refractivity contribution in [2.45, 2.75) is 25.4 Å². The predicted molar refractivity (Wildman–Crippen MR) is 121 cm³/mol. The fourth-order valence-electron chi connectivity index (χ4n) is 3.00. The number of halogens is 6. The van der Waals surface area contributed by atoms with Gasteiger partial charge in [0.15, 0.2) is 0 Å². The van der Waals surface area contributed by atoms with Gasteiger partial charge in [-0.15, -0.1) is 0 Å². The monoisotopic (exact) mass is 575 g/mol. The summed E-state index contributed by atoms with van der Waals surface area (Å²) in [6.45, 7) is 2.77. The lowest BCUT2D eigenvalue weighted by atomic mass is 10.1. The van der Waals surface area contributed by atoms with Crippen LogP contribution in [0.2, 0.25) is 0 Å². The number of pyridine rings is 1. The van der Waals surface area contributed by atoms with E-state index < -0.39 is 24.3 Å². The summed E-state index contributed by atoms with van der Waals surface area (Å²) in [6.07, 6.45) is -1.44. The highest BCUT2D eigenvalue weighted by molar-refractivity contribution is 5.73. The largest absolute Gasteiger partial charge is 0.490 e. The Kier molecular flexibility index (Phi) is 10.7. The van der Waals surface area contributed by atoms with Gasteiger partial charge in [-0.3, -0.25) is 0 Å². The van der Waals surface area contributed by atoms with Crippen molar-refractivity contribution in [1.82, 2.24) is 24.5 Å². The van der Waals surface area contributed by atoms with Crippen molar-refractivity contribution in [3.8, 4) is 11.9 Å². The average Bonchev–Trinajstić information content (AvgIpc) is 3.25. The zero-order valence-electron chi connectivity index (χ0n) is 20.0. The molecule has 4 rings (SSSR count). The minimum absolute atomic E-state index is 0.215. The van der Waals surface area contributed by atoms with Gasteiger partial charge >= 0.3 is 24.3 Å². The standard InChI is InChI=1S/C18H17N7O.2C2HF3O2/c19-6-14-2-3-17(23-7-14)26-12-15-9-24(18-21-4-1-5-22-18)11-16-8-20-13-25(16)10-15;2*3-2(4,5)1(6)7/h1-5,7-8,13,15H,9-12H2;2*(H,6,7). The minimum atomic E-state index is -5.08. The lowest BCUT2D eigenvalue weighted by Crippen LogP contribution is -2.32. The Hall–Kier alpha value is -4.95. The van der Waals surface area contributed by atoms with Gasteiger partial charge in [0.25, 0.3) is 0 Å². The number of imidazole rings is 1. The van der Waals surface area contributed by atoms with Gasteiger partial charge in [-0.25, -0.2) is 29.5 Å². The number of rotatable bonds is 4. The number of nitrogens with zero attached hydrogens (tertiary/aromatic N) is 7. The van der Waals surface area contributed by atoms with Crippen molar-refractivity contribution in [1.29, 1.82) is 5.26 Å². The number of aliphatic carboxylic acids is 2. The predicted octanol–water partition coefficient (Wildman–Crippen LogP) is 2.92. The van der Waals surface area contributed by atoms with E-state index in [-0.39, 0.29) is 5.92 Å². The normalized spacial score (nSPS) is 14.6. The van der Waals surface area contributed by atoms with E-state index in [1.165, 1.54) is 6.20 Å². The van der Waals surface area contributed by atoms with Crippen molar-refractivity contribution in [2.75, 3.05) is 18.1 Å². The van der Waals surface area contributed by atoms with Crippen molar-refractivity contribution in [3.63, 3.8) is 0 Å². The molecule has 1 unspecified atom stereocenters. The third kappa shape index (κ3) is 10.1. The van der Waals surface area contributed by atoms with Crippen LogP contribution >= 0.6 is 0 Å². The average molecular weight is 575 g/mol. The number of carboxylic acid groups (broad SMARTS) is 2. The maximum atomic E-state index is 10.6. The summed E-state index contributed by atoms with van der Waals surface area (Å²) in [6, 6.07) is 7.28. The fourth-order valence-corrected chi connectivity index (χ4v) is 3.00. The van der Waals surface area contributed by atoms with E-state index >= 15 is 0 Å². The number of nitriles is 1. The molecule has 0 saturated carbocycles. The third-order valence-electron chi connectivity index (χ3n) is 4.74. The summed E-state index contributed by atoms with van der Waals surface area (Å²) in [5.41, 5.74) is 1.64. The van der Waals surface area contributed by atoms with Crippen molar-refractivity contribution < 1.29 is 50.9 Å². The Labute approximate surface area is 221 Å². The number of fused-ring (bicyclic) bond motifs is 1. The van der Waals surface area contributed by atoms with E-state index in [0.29, 0.717) is 30.5 Å². The van der Waals surface area contributed by atoms with Gasteiger partial charge in [-0.2, -0.15) is 31.6 Å². The molecule has 12 nitrogen and oxygen atoms in total. The molecule has 0 amide bonds.